The largest absolute Gasteiger partial charge is 0.378 e. The molecule has 2 rings (SSSR count). The summed E-state index contributed by atoms with van der Waals surface area (Å²) in [6, 6.07) is 4.82. The number of nitro groups is 2. The summed E-state index contributed by atoms with van der Waals surface area (Å²) in [7, 11) is 0. The van der Waals surface area contributed by atoms with Crippen molar-refractivity contribution < 1.29 is 9.85 Å². The molecule has 0 saturated heterocycles. The van der Waals surface area contributed by atoms with Crippen molar-refractivity contribution in [2.24, 2.45) is 0 Å². The van der Waals surface area contributed by atoms with Crippen LogP contribution in [-0.2, 0) is 0 Å². The van der Waals surface area contributed by atoms with Gasteiger partial charge in [-0.1, -0.05) is 11.6 Å². The number of aromatic nitrogens is 2. The minimum Gasteiger partial charge on any atom is -0.378 e. The fraction of sp³-hybridized carbons (Fsp3) is 0. The average Bonchev–Trinajstić information content (AvgIpc) is 2.37. The lowest BCUT2D eigenvalue weighted by Gasteiger charge is -2.06. The Morgan fingerprint density at radius 2 is 1.67 bits per heavy atom. The molecule has 0 aromatic carbocycles. The van der Waals surface area contributed by atoms with E-state index >= 15 is 0 Å². The zero-order valence-corrected chi connectivity index (χ0v) is 10.9. The average molecular weight is 311 g/mol. The molecule has 11 heteroatoms. The molecule has 10 nitrogen and oxygen atoms in total. The first-order chi connectivity index (χ1) is 9.88. The molecule has 0 fully saturated rings. The number of nitrogens with two attached hydrogens (primary N) is 1. The van der Waals surface area contributed by atoms with E-state index in [2.05, 4.69) is 15.3 Å². The van der Waals surface area contributed by atoms with E-state index in [1.807, 2.05) is 0 Å². The van der Waals surface area contributed by atoms with E-state index in [1.165, 1.54) is 18.2 Å². The lowest BCUT2D eigenvalue weighted by atomic mass is 10.3. The number of anilines is 3. The quantitative estimate of drug-likeness (QED) is 0.495. The van der Waals surface area contributed by atoms with E-state index in [-0.39, 0.29) is 34.0 Å². The molecule has 0 aliphatic carbocycles. The Balaban J connectivity index is 2.38. The van der Waals surface area contributed by atoms with Gasteiger partial charge < -0.3 is 11.1 Å². The summed E-state index contributed by atoms with van der Waals surface area (Å²) in [5.41, 5.74) is 4.74. The van der Waals surface area contributed by atoms with Crippen molar-refractivity contribution >= 4 is 40.4 Å². The van der Waals surface area contributed by atoms with Crippen LogP contribution >= 0.6 is 11.6 Å². The van der Waals surface area contributed by atoms with Gasteiger partial charge in [0.15, 0.2) is 0 Å². The molecule has 0 amide bonds. The number of halogens is 1. The number of hydrogen-bond donors (Lipinski definition) is 2. The highest BCUT2D eigenvalue weighted by Crippen LogP contribution is 2.28. The smallest absolute Gasteiger partial charge is 0.311 e. The third kappa shape index (κ3) is 3.12. The van der Waals surface area contributed by atoms with E-state index in [9.17, 15) is 20.2 Å². The van der Waals surface area contributed by atoms with E-state index in [4.69, 9.17) is 17.3 Å². The van der Waals surface area contributed by atoms with E-state index in [0.29, 0.717) is 0 Å². The zero-order chi connectivity index (χ0) is 15.6. The van der Waals surface area contributed by atoms with Crippen LogP contribution in [0.25, 0.3) is 0 Å². The molecule has 21 heavy (non-hydrogen) atoms. The Morgan fingerprint density at radius 3 is 2.24 bits per heavy atom. The summed E-state index contributed by atoms with van der Waals surface area (Å²) in [4.78, 5) is 27.7. The summed E-state index contributed by atoms with van der Waals surface area (Å²) in [5.74, 6) is -0.404. The van der Waals surface area contributed by atoms with Crippen molar-refractivity contribution in [1.29, 1.82) is 0 Å². The van der Waals surface area contributed by atoms with Gasteiger partial charge in [-0.2, -0.15) is 0 Å². The number of nitrogens with one attached hydrogen (secondary N) is 1. The van der Waals surface area contributed by atoms with Gasteiger partial charge in [-0.25, -0.2) is 9.97 Å². The van der Waals surface area contributed by atoms with Crippen LogP contribution in [0.4, 0.5) is 28.8 Å². The summed E-state index contributed by atoms with van der Waals surface area (Å²) >= 11 is 5.68. The molecule has 0 aliphatic heterocycles. The highest BCUT2D eigenvalue weighted by Gasteiger charge is 2.18. The molecule has 2 aromatic heterocycles. The van der Waals surface area contributed by atoms with Crippen LogP contribution in [0.3, 0.4) is 0 Å². The monoisotopic (exact) mass is 310 g/mol. The van der Waals surface area contributed by atoms with Gasteiger partial charge in [0, 0.05) is 12.1 Å². The minimum atomic E-state index is -0.688. The zero-order valence-electron chi connectivity index (χ0n) is 10.2. The van der Waals surface area contributed by atoms with Crippen LogP contribution in [0.15, 0.2) is 24.3 Å². The second kappa shape index (κ2) is 5.54. The van der Waals surface area contributed by atoms with E-state index in [0.717, 1.165) is 6.07 Å². The van der Waals surface area contributed by atoms with Gasteiger partial charge in [-0.3, -0.25) is 20.2 Å². The van der Waals surface area contributed by atoms with Crippen LogP contribution in [-0.4, -0.2) is 19.8 Å². The van der Waals surface area contributed by atoms with Crippen LogP contribution in [0, 0.1) is 20.2 Å². The second-order valence-corrected chi connectivity index (χ2v) is 4.13. The van der Waals surface area contributed by atoms with Crippen molar-refractivity contribution in [3.8, 4) is 0 Å². The molecule has 0 spiro atoms. The molecule has 0 radical (unpaired) electrons. The number of rotatable bonds is 4. The minimum absolute atomic E-state index is 0.0398. The Bertz CT molecular complexity index is 737. The second-order valence-electron chi connectivity index (χ2n) is 3.74. The fourth-order valence-electron chi connectivity index (χ4n) is 1.48. The maximum Gasteiger partial charge on any atom is 0.311 e. The van der Waals surface area contributed by atoms with Gasteiger partial charge in [-0.05, 0) is 12.1 Å². The van der Waals surface area contributed by atoms with Crippen LogP contribution in [0.1, 0.15) is 0 Å². The van der Waals surface area contributed by atoms with Crippen LogP contribution in [0.5, 0.6) is 0 Å². The molecule has 2 heterocycles. The molecular weight excluding hydrogens is 304 g/mol. The van der Waals surface area contributed by atoms with Gasteiger partial charge in [0.25, 0.3) is 0 Å². The molecule has 0 unspecified atom stereocenters. The molecule has 0 atom stereocenters. The van der Waals surface area contributed by atoms with Crippen molar-refractivity contribution in [3.05, 3.63) is 49.6 Å². The number of pyridine rings is 2. The lowest BCUT2D eigenvalue weighted by Crippen LogP contribution is -2.04. The first kappa shape index (κ1) is 14.4. The SMILES string of the molecule is Nc1nc(Nc2nc(Cl)ccc2[N+](=O)[O-])ccc1[N+](=O)[O-]. The van der Waals surface area contributed by atoms with Gasteiger partial charge >= 0.3 is 11.4 Å². The topological polar surface area (TPSA) is 150 Å². The first-order valence-electron chi connectivity index (χ1n) is 5.37. The predicted molar refractivity (Wildman–Crippen MR) is 74.5 cm³/mol. The molecule has 0 aliphatic rings. The summed E-state index contributed by atoms with van der Waals surface area (Å²) in [6.07, 6.45) is 0. The Kier molecular flexibility index (Phi) is 3.80. The van der Waals surface area contributed by atoms with Gasteiger partial charge in [0.05, 0.1) is 9.85 Å². The van der Waals surface area contributed by atoms with Crippen molar-refractivity contribution in [2.45, 2.75) is 0 Å². The fourth-order valence-corrected chi connectivity index (χ4v) is 1.63. The maximum atomic E-state index is 10.9. The van der Waals surface area contributed by atoms with Crippen LogP contribution in [0.2, 0.25) is 5.15 Å². The van der Waals surface area contributed by atoms with E-state index < -0.39 is 9.85 Å². The van der Waals surface area contributed by atoms with Crippen molar-refractivity contribution in [1.82, 2.24) is 9.97 Å². The highest BCUT2D eigenvalue weighted by atomic mass is 35.5. The first-order valence-corrected chi connectivity index (χ1v) is 5.75. The van der Waals surface area contributed by atoms with Crippen LogP contribution < -0.4 is 11.1 Å². The molecule has 2 aromatic rings. The maximum absolute atomic E-state index is 10.9. The standard InChI is InChI=1S/C10H7ClN6O4/c11-7-3-1-6(17(20)21)10(13-7)15-8-4-2-5(16(18)19)9(12)14-8/h1-4H,(H3,12,13,14,15). The Hall–Kier alpha value is -3.01. The van der Waals surface area contributed by atoms with Crippen molar-refractivity contribution in [3.63, 3.8) is 0 Å². The molecule has 3 N–H and O–H groups in total. The van der Waals surface area contributed by atoms with E-state index in [1.54, 1.807) is 0 Å². The predicted octanol–water partition coefficient (Wildman–Crippen LogP) is 2.27. The summed E-state index contributed by atoms with van der Waals surface area (Å²) in [6.45, 7) is 0. The molecular formula is C10H7ClN6O4. The summed E-state index contributed by atoms with van der Waals surface area (Å²) < 4.78 is 0. The lowest BCUT2D eigenvalue weighted by molar-refractivity contribution is -0.384. The van der Waals surface area contributed by atoms with Crippen molar-refractivity contribution in [2.75, 3.05) is 11.1 Å². The van der Waals surface area contributed by atoms with Gasteiger partial charge in [0.2, 0.25) is 11.6 Å². The third-order valence-corrected chi connectivity index (χ3v) is 2.59. The normalized spacial score (nSPS) is 10.1. The highest BCUT2D eigenvalue weighted by molar-refractivity contribution is 6.29. The number of hydrogen-bond acceptors (Lipinski definition) is 8. The van der Waals surface area contributed by atoms with Gasteiger partial charge in [0.1, 0.15) is 11.0 Å². The Labute approximate surface area is 121 Å². The van der Waals surface area contributed by atoms with Gasteiger partial charge in [-0.15, -0.1) is 0 Å². The summed E-state index contributed by atoms with van der Waals surface area (Å²) in [5, 5.41) is 24.1. The third-order valence-electron chi connectivity index (χ3n) is 2.38. The molecule has 0 bridgehead atoms. The molecule has 0 saturated carbocycles. The molecule has 108 valence electrons. The Morgan fingerprint density at radius 1 is 1.05 bits per heavy atom. The number of nitrogen functional groups attached to an aromatic ring is 1. The number of nitrogens with zero attached hydrogens (tertiary/aromatic N) is 4.